The van der Waals surface area contributed by atoms with E-state index < -0.39 is 5.60 Å². The Morgan fingerprint density at radius 1 is 0.967 bits per heavy atom. The first kappa shape index (κ1) is 21.5. The van der Waals surface area contributed by atoms with Gasteiger partial charge in [0.15, 0.2) is 0 Å². The molecule has 154 valence electrons. The van der Waals surface area contributed by atoms with Crippen molar-refractivity contribution in [3.63, 3.8) is 0 Å². The van der Waals surface area contributed by atoms with Crippen LogP contribution in [0, 0.1) is 17.8 Å². The van der Waals surface area contributed by atoms with Gasteiger partial charge in [0.2, 0.25) is 0 Å². The van der Waals surface area contributed by atoms with E-state index in [2.05, 4.69) is 25.7 Å². The van der Waals surface area contributed by atoms with E-state index in [1.807, 2.05) is 87.5 Å². The summed E-state index contributed by atoms with van der Waals surface area (Å²) in [7, 11) is 0. The van der Waals surface area contributed by atoms with Crippen LogP contribution in [0.5, 0.6) is 0 Å². The van der Waals surface area contributed by atoms with Crippen molar-refractivity contribution in [3.8, 4) is 23.1 Å². The highest BCUT2D eigenvalue weighted by molar-refractivity contribution is 5.82. The molecular weight excluding hydrogens is 370 g/mol. The number of hydrogen-bond acceptors (Lipinski definition) is 2. The Labute approximate surface area is 179 Å². The van der Waals surface area contributed by atoms with E-state index >= 15 is 0 Å². The fourth-order valence-corrected chi connectivity index (χ4v) is 3.25. The third-order valence-corrected chi connectivity index (χ3v) is 4.47. The van der Waals surface area contributed by atoms with Gasteiger partial charge in [-0.1, -0.05) is 74.2 Å². The highest BCUT2D eigenvalue weighted by atomic mass is 16.6. The van der Waals surface area contributed by atoms with E-state index in [0.29, 0.717) is 5.92 Å². The van der Waals surface area contributed by atoms with Crippen molar-refractivity contribution in [1.29, 1.82) is 0 Å². The SMILES string of the molecule is CC(C)Cc1c(C#Cc2ccccc2)cc(-c2ccccc2)n1C(=O)OC(C)(C)C. The number of rotatable bonds is 3. The van der Waals surface area contributed by atoms with Crippen molar-refractivity contribution in [2.75, 3.05) is 0 Å². The molecule has 0 aliphatic heterocycles. The minimum atomic E-state index is -0.583. The Bertz CT molecular complexity index is 1060. The monoisotopic (exact) mass is 399 g/mol. The van der Waals surface area contributed by atoms with Gasteiger partial charge in [-0.25, -0.2) is 9.36 Å². The number of carbonyl (C=O) groups excluding carboxylic acids is 1. The molecule has 0 fully saturated rings. The van der Waals surface area contributed by atoms with E-state index in [-0.39, 0.29) is 6.09 Å². The third-order valence-electron chi connectivity index (χ3n) is 4.47. The molecule has 0 saturated carbocycles. The molecule has 0 aliphatic rings. The summed E-state index contributed by atoms with van der Waals surface area (Å²) in [6, 6.07) is 21.8. The van der Waals surface area contributed by atoms with Crippen LogP contribution >= 0.6 is 0 Å². The quantitative estimate of drug-likeness (QED) is 0.468. The normalized spacial score (nSPS) is 11.1. The second-order valence-electron chi connectivity index (χ2n) is 8.79. The maximum atomic E-state index is 13.2. The molecule has 30 heavy (non-hydrogen) atoms. The van der Waals surface area contributed by atoms with Gasteiger partial charge in [0.1, 0.15) is 5.60 Å². The fraction of sp³-hybridized carbons (Fsp3) is 0.296. The molecule has 2 aromatic carbocycles. The summed E-state index contributed by atoms with van der Waals surface area (Å²) in [4.78, 5) is 13.2. The highest BCUT2D eigenvalue weighted by Crippen LogP contribution is 2.29. The van der Waals surface area contributed by atoms with Gasteiger partial charge in [-0.15, -0.1) is 0 Å². The molecule has 0 aliphatic carbocycles. The van der Waals surface area contributed by atoms with Gasteiger partial charge in [-0.2, -0.15) is 0 Å². The predicted molar refractivity (Wildman–Crippen MR) is 122 cm³/mol. The standard InChI is InChI=1S/C27H29NO2/c1-20(2)18-24-23(17-16-21-12-8-6-9-13-21)19-25(22-14-10-7-11-15-22)28(24)26(29)30-27(3,4)5/h6-15,19-20H,18H2,1-5H3. The molecule has 3 rings (SSSR count). The van der Waals surface area contributed by atoms with Crippen molar-refractivity contribution in [2.45, 2.75) is 46.6 Å². The van der Waals surface area contributed by atoms with Gasteiger partial charge >= 0.3 is 6.09 Å². The van der Waals surface area contributed by atoms with Crippen LogP contribution in [-0.4, -0.2) is 16.3 Å². The first-order chi connectivity index (χ1) is 14.2. The number of nitrogens with zero attached hydrogens (tertiary/aromatic N) is 1. The van der Waals surface area contributed by atoms with Crippen molar-refractivity contribution < 1.29 is 9.53 Å². The molecule has 0 bridgehead atoms. The molecule has 3 heteroatoms. The predicted octanol–water partition coefficient (Wildman–Crippen LogP) is 6.54. The Morgan fingerprint density at radius 3 is 2.13 bits per heavy atom. The topological polar surface area (TPSA) is 31.2 Å². The molecule has 3 aromatic rings. The molecule has 0 saturated heterocycles. The summed E-state index contributed by atoms with van der Waals surface area (Å²) in [5.74, 6) is 6.91. The van der Waals surface area contributed by atoms with Gasteiger partial charge < -0.3 is 4.74 Å². The van der Waals surface area contributed by atoms with Gasteiger partial charge in [-0.3, -0.25) is 0 Å². The van der Waals surface area contributed by atoms with Crippen LogP contribution in [0.3, 0.4) is 0 Å². The second kappa shape index (κ2) is 9.05. The Morgan fingerprint density at radius 2 is 1.57 bits per heavy atom. The molecule has 1 aromatic heterocycles. The fourth-order valence-electron chi connectivity index (χ4n) is 3.25. The molecule has 0 spiro atoms. The molecule has 0 amide bonds. The highest BCUT2D eigenvalue weighted by Gasteiger charge is 2.25. The van der Waals surface area contributed by atoms with Crippen molar-refractivity contribution in [3.05, 3.63) is 83.6 Å². The van der Waals surface area contributed by atoms with Gasteiger partial charge in [0.25, 0.3) is 0 Å². The van der Waals surface area contributed by atoms with Crippen LogP contribution in [0.4, 0.5) is 4.79 Å². The maximum absolute atomic E-state index is 13.2. The summed E-state index contributed by atoms with van der Waals surface area (Å²) < 4.78 is 7.46. The lowest BCUT2D eigenvalue weighted by molar-refractivity contribution is 0.0535. The summed E-state index contributed by atoms with van der Waals surface area (Å²) >= 11 is 0. The van der Waals surface area contributed by atoms with Gasteiger partial charge in [0, 0.05) is 16.8 Å². The first-order valence-electron chi connectivity index (χ1n) is 10.3. The average Bonchev–Trinajstić information content (AvgIpc) is 3.04. The zero-order chi connectivity index (χ0) is 21.7. The van der Waals surface area contributed by atoms with Crippen LogP contribution in [0.2, 0.25) is 0 Å². The lowest BCUT2D eigenvalue weighted by atomic mass is 10.0. The summed E-state index contributed by atoms with van der Waals surface area (Å²) in [5.41, 5.74) is 3.87. The zero-order valence-electron chi connectivity index (χ0n) is 18.4. The van der Waals surface area contributed by atoms with E-state index in [9.17, 15) is 4.79 Å². The van der Waals surface area contributed by atoms with Crippen LogP contribution in [0.25, 0.3) is 11.3 Å². The minimum Gasteiger partial charge on any atom is -0.443 e. The second-order valence-corrected chi connectivity index (χ2v) is 8.79. The van der Waals surface area contributed by atoms with E-state index in [1.165, 1.54) is 0 Å². The van der Waals surface area contributed by atoms with Gasteiger partial charge in [-0.05, 0) is 56.9 Å². The molecular formula is C27H29NO2. The van der Waals surface area contributed by atoms with Crippen LogP contribution in [0.1, 0.15) is 51.4 Å². The zero-order valence-corrected chi connectivity index (χ0v) is 18.4. The number of hydrogen-bond donors (Lipinski definition) is 0. The third kappa shape index (κ3) is 5.42. The van der Waals surface area contributed by atoms with Crippen molar-refractivity contribution >= 4 is 6.09 Å². The van der Waals surface area contributed by atoms with Gasteiger partial charge in [0.05, 0.1) is 5.69 Å². The number of aromatic nitrogens is 1. The van der Waals surface area contributed by atoms with Crippen molar-refractivity contribution in [1.82, 2.24) is 4.57 Å². The van der Waals surface area contributed by atoms with E-state index in [1.54, 1.807) is 4.57 Å². The van der Waals surface area contributed by atoms with E-state index in [4.69, 9.17) is 4.74 Å². The minimum absolute atomic E-state index is 0.363. The maximum Gasteiger partial charge on any atom is 0.419 e. The summed E-state index contributed by atoms with van der Waals surface area (Å²) in [6.07, 6.45) is 0.356. The number of carbonyl (C=O) groups is 1. The Hall–Kier alpha value is -3.25. The Balaban J connectivity index is 2.19. The lowest BCUT2D eigenvalue weighted by Gasteiger charge is -2.22. The molecule has 0 N–H and O–H groups in total. The number of ether oxygens (including phenoxy) is 1. The largest absolute Gasteiger partial charge is 0.443 e. The lowest BCUT2D eigenvalue weighted by Crippen LogP contribution is -2.28. The molecule has 3 nitrogen and oxygen atoms in total. The summed E-state index contributed by atoms with van der Waals surface area (Å²) in [6.45, 7) is 9.94. The van der Waals surface area contributed by atoms with Crippen LogP contribution < -0.4 is 0 Å². The summed E-state index contributed by atoms with van der Waals surface area (Å²) in [5, 5.41) is 0. The first-order valence-corrected chi connectivity index (χ1v) is 10.3. The van der Waals surface area contributed by atoms with Crippen molar-refractivity contribution in [2.24, 2.45) is 5.92 Å². The molecule has 0 atom stereocenters. The average molecular weight is 400 g/mol. The van der Waals surface area contributed by atoms with E-state index in [0.717, 1.165) is 34.5 Å². The smallest absolute Gasteiger partial charge is 0.419 e. The Kier molecular flexibility index (Phi) is 6.47. The molecule has 0 radical (unpaired) electrons. The van der Waals surface area contributed by atoms with Crippen LogP contribution in [0.15, 0.2) is 66.7 Å². The molecule has 0 unspecified atom stereocenters. The molecule has 1 heterocycles. The number of benzene rings is 2. The van der Waals surface area contributed by atoms with Crippen LogP contribution in [-0.2, 0) is 11.2 Å².